The number of benzene rings is 1. The van der Waals surface area contributed by atoms with Crippen molar-refractivity contribution in [2.24, 2.45) is 0 Å². The molecule has 0 amide bonds. The van der Waals surface area contributed by atoms with E-state index < -0.39 is 0 Å². The van der Waals surface area contributed by atoms with E-state index >= 15 is 0 Å². The Labute approximate surface area is 109 Å². The van der Waals surface area contributed by atoms with Crippen molar-refractivity contribution >= 4 is 23.2 Å². The molecule has 0 aliphatic heterocycles. The molecule has 1 aromatic heterocycles. The smallest absolute Gasteiger partial charge is 0.145 e. The summed E-state index contributed by atoms with van der Waals surface area (Å²) in [5, 5.41) is 11.1. The second-order valence-electron chi connectivity index (χ2n) is 3.53. The summed E-state index contributed by atoms with van der Waals surface area (Å²) in [4.78, 5) is 4.16. The minimum Gasteiger partial charge on any atom is -0.304 e. The molecule has 0 spiro atoms. The summed E-state index contributed by atoms with van der Waals surface area (Å²) in [6.07, 6.45) is 1.48. The number of hydrogen-bond acceptors (Lipinski definition) is 3. The Morgan fingerprint density at radius 1 is 1.35 bits per heavy atom. The van der Waals surface area contributed by atoms with E-state index in [1.807, 2.05) is 19.1 Å². The van der Waals surface area contributed by atoms with Gasteiger partial charge in [-0.15, -0.1) is 0 Å². The molecule has 1 aromatic carbocycles. The van der Waals surface area contributed by atoms with Crippen molar-refractivity contribution in [2.75, 3.05) is 6.54 Å². The molecule has 2 aromatic rings. The highest BCUT2D eigenvalue weighted by Gasteiger charge is 2.16. The Kier molecular flexibility index (Phi) is 3.99. The highest BCUT2D eigenvalue weighted by molar-refractivity contribution is 6.42. The normalized spacial score (nSPS) is 12.6. The molecular weight excluding hydrogens is 259 g/mol. The molecule has 4 nitrogen and oxygen atoms in total. The van der Waals surface area contributed by atoms with Gasteiger partial charge in [-0.3, -0.25) is 5.10 Å². The summed E-state index contributed by atoms with van der Waals surface area (Å²) in [5.41, 5.74) is 0.998. The SMILES string of the molecule is CCNC(c1ccc(Cl)c(Cl)c1)c1ncn[nH]1. The van der Waals surface area contributed by atoms with Gasteiger partial charge in [0, 0.05) is 0 Å². The zero-order chi connectivity index (χ0) is 12.3. The molecule has 0 saturated carbocycles. The fourth-order valence-corrected chi connectivity index (χ4v) is 1.93. The Hall–Kier alpha value is -1.10. The van der Waals surface area contributed by atoms with E-state index in [1.54, 1.807) is 6.07 Å². The van der Waals surface area contributed by atoms with Crippen LogP contribution in [0.2, 0.25) is 10.0 Å². The first-order chi connectivity index (χ1) is 8.22. The van der Waals surface area contributed by atoms with Gasteiger partial charge < -0.3 is 5.32 Å². The van der Waals surface area contributed by atoms with Gasteiger partial charge in [-0.25, -0.2) is 4.98 Å². The van der Waals surface area contributed by atoms with Gasteiger partial charge in [0.05, 0.1) is 16.1 Å². The van der Waals surface area contributed by atoms with Gasteiger partial charge in [0.1, 0.15) is 12.2 Å². The lowest BCUT2D eigenvalue weighted by atomic mass is 10.1. The van der Waals surface area contributed by atoms with Crippen LogP contribution in [0.15, 0.2) is 24.5 Å². The molecule has 0 aliphatic carbocycles. The van der Waals surface area contributed by atoms with Crippen LogP contribution in [0.25, 0.3) is 0 Å². The second kappa shape index (κ2) is 5.49. The largest absolute Gasteiger partial charge is 0.304 e. The molecule has 1 unspecified atom stereocenters. The number of aromatic amines is 1. The van der Waals surface area contributed by atoms with Crippen molar-refractivity contribution in [3.63, 3.8) is 0 Å². The first-order valence-corrected chi connectivity index (χ1v) is 6.01. The van der Waals surface area contributed by atoms with Crippen LogP contribution in [-0.4, -0.2) is 21.7 Å². The van der Waals surface area contributed by atoms with Gasteiger partial charge in [-0.05, 0) is 24.2 Å². The van der Waals surface area contributed by atoms with Gasteiger partial charge in [0.2, 0.25) is 0 Å². The number of nitrogens with one attached hydrogen (secondary N) is 2. The highest BCUT2D eigenvalue weighted by atomic mass is 35.5. The maximum atomic E-state index is 6.01. The van der Waals surface area contributed by atoms with Gasteiger partial charge >= 0.3 is 0 Å². The fraction of sp³-hybridized carbons (Fsp3) is 0.273. The third-order valence-corrected chi connectivity index (χ3v) is 3.13. The summed E-state index contributed by atoms with van der Waals surface area (Å²) in [6.45, 7) is 2.84. The standard InChI is InChI=1S/C11H12Cl2N4/c1-2-14-10(11-15-6-16-17-11)7-3-4-8(12)9(13)5-7/h3-6,10,14H,2H2,1H3,(H,15,16,17). The van der Waals surface area contributed by atoms with Crippen molar-refractivity contribution in [3.05, 3.63) is 46.0 Å². The Morgan fingerprint density at radius 2 is 2.18 bits per heavy atom. The molecule has 1 atom stereocenters. The zero-order valence-electron chi connectivity index (χ0n) is 9.24. The lowest BCUT2D eigenvalue weighted by Gasteiger charge is -2.16. The zero-order valence-corrected chi connectivity index (χ0v) is 10.8. The van der Waals surface area contributed by atoms with Crippen LogP contribution in [0.1, 0.15) is 24.4 Å². The van der Waals surface area contributed by atoms with Gasteiger partial charge in [-0.1, -0.05) is 36.2 Å². The summed E-state index contributed by atoms with van der Waals surface area (Å²) in [5.74, 6) is 0.755. The van der Waals surface area contributed by atoms with Crippen molar-refractivity contribution < 1.29 is 0 Å². The van der Waals surface area contributed by atoms with E-state index in [2.05, 4.69) is 20.5 Å². The predicted octanol–water partition coefficient (Wildman–Crippen LogP) is 2.81. The minimum absolute atomic E-state index is 0.0581. The monoisotopic (exact) mass is 270 g/mol. The van der Waals surface area contributed by atoms with Crippen LogP contribution in [0.4, 0.5) is 0 Å². The van der Waals surface area contributed by atoms with E-state index in [0.717, 1.165) is 17.9 Å². The highest BCUT2D eigenvalue weighted by Crippen LogP contribution is 2.27. The van der Waals surface area contributed by atoms with Crippen LogP contribution in [0.5, 0.6) is 0 Å². The number of nitrogens with zero attached hydrogens (tertiary/aromatic N) is 2. The molecule has 90 valence electrons. The fourth-order valence-electron chi connectivity index (χ4n) is 1.62. The van der Waals surface area contributed by atoms with Gasteiger partial charge in [0.15, 0.2) is 0 Å². The van der Waals surface area contributed by atoms with Crippen molar-refractivity contribution in [2.45, 2.75) is 13.0 Å². The lowest BCUT2D eigenvalue weighted by Crippen LogP contribution is -2.23. The molecule has 1 heterocycles. The van der Waals surface area contributed by atoms with Gasteiger partial charge in [0.25, 0.3) is 0 Å². The number of rotatable bonds is 4. The molecule has 17 heavy (non-hydrogen) atoms. The molecule has 2 rings (SSSR count). The van der Waals surface area contributed by atoms with Crippen LogP contribution in [-0.2, 0) is 0 Å². The average Bonchev–Trinajstić information content (AvgIpc) is 2.83. The summed E-state index contributed by atoms with van der Waals surface area (Å²) < 4.78 is 0. The van der Waals surface area contributed by atoms with Crippen LogP contribution < -0.4 is 5.32 Å². The molecule has 2 N–H and O–H groups in total. The average molecular weight is 271 g/mol. The lowest BCUT2D eigenvalue weighted by molar-refractivity contribution is 0.600. The number of halogens is 2. The van der Waals surface area contributed by atoms with E-state index in [4.69, 9.17) is 23.2 Å². The molecule has 0 aliphatic rings. The van der Waals surface area contributed by atoms with Crippen molar-refractivity contribution in [3.8, 4) is 0 Å². The van der Waals surface area contributed by atoms with E-state index in [-0.39, 0.29) is 6.04 Å². The molecule has 0 saturated heterocycles. The second-order valence-corrected chi connectivity index (χ2v) is 4.35. The number of aromatic nitrogens is 3. The van der Waals surface area contributed by atoms with E-state index in [1.165, 1.54) is 6.33 Å². The Bertz CT molecular complexity index is 484. The topological polar surface area (TPSA) is 53.6 Å². The van der Waals surface area contributed by atoms with E-state index in [9.17, 15) is 0 Å². The van der Waals surface area contributed by atoms with E-state index in [0.29, 0.717) is 10.0 Å². The maximum absolute atomic E-state index is 6.01. The molecule has 0 fully saturated rings. The first kappa shape index (κ1) is 12.4. The van der Waals surface area contributed by atoms with Crippen molar-refractivity contribution in [1.29, 1.82) is 0 Å². The summed E-state index contributed by atoms with van der Waals surface area (Å²) in [6, 6.07) is 5.47. The third kappa shape index (κ3) is 2.77. The molecule has 0 radical (unpaired) electrons. The molecule has 0 bridgehead atoms. The number of H-pyrrole nitrogens is 1. The Balaban J connectivity index is 2.35. The summed E-state index contributed by atoms with van der Waals surface area (Å²) in [7, 11) is 0. The van der Waals surface area contributed by atoms with Crippen molar-refractivity contribution in [1.82, 2.24) is 20.5 Å². The third-order valence-electron chi connectivity index (χ3n) is 2.39. The summed E-state index contributed by atoms with van der Waals surface area (Å²) >= 11 is 11.9. The van der Waals surface area contributed by atoms with Crippen LogP contribution in [0.3, 0.4) is 0 Å². The first-order valence-electron chi connectivity index (χ1n) is 5.26. The molecular formula is C11H12Cl2N4. The quantitative estimate of drug-likeness (QED) is 0.899. The Morgan fingerprint density at radius 3 is 2.76 bits per heavy atom. The number of hydrogen-bond donors (Lipinski definition) is 2. The molecule has 6 heteroatoms. The van der Waals surface area contributed by atoms with Gasteiger partial charge in [-0.2, -0.15) is 5.10 Å². The van der Waals surface area contributed by atoms with Crippen LogP contribution in [0, 0.1) is 0 Å². The minimum atomic E-state index is -0.0581. The maximum Gasteiger partial charge on any atom is 0.145 e. The predicted molar refractivity (Wildman–Crippen MR) is 68.4 cm³/mol. The van der Waals surface area contributed by atoms with Crippen LogP contribution >= 0.6 is 23.2 Å².